The number of aryl methyl sites for hydroxylation is 2. The molecule has 92 valence electrons. The van der Waals surface area contributed by atoms with Gasteiger partial charge in [-0.25, -0.2) is 0 Å². The third-order valence-corrected chi connectivity index (χ3v) is 3.59. The molecule has 1 fully saturated rings. The molecule has 2 heterocycles. The Morgan fingerprint density at radius 1 is 1.06 bits per heavy atom. The van der Waals surface area contributed by atoms with E-state index in [1.165, 1.54) is 0 Å². The lowest BCUT2D eigenvalue weighted by Gasteiger charge is -2.32. The van der Waals surface area contributed by atoms with E-state index in [1.54, 1.807) is 6.20 Å². The van der Waals surface area contributed by atoms with Crippen molar-refractivity contribution in [3.05, 3.63) is 17.6 Å². The monoisotopic (exact) mass is 234 g/mol. The minimum Gasteiger partial charge on any atom is -0.398 e. The first-order valence-electron chi connectivity index (χ1n) is 5.89. The first kappa shape index (κ1) is 12.5. The fourth-order valence-electron chi connectivity index (χ4n) is 1.73. The van der Waals surface area contributed by atoms with Crippen molar-refractivity contribution in [3.63, 3.8) is 0 Å². The van der Waals surface area contributed by atoms with Crippen LogP contribution >= 0.6 is 0 Å². The van der Waals surface area contributed by atoms with Gasteiger partial charge < -0.3 is 9.31 Å². The minimum atomic E-state index is -0.424. The molecule has 0 amide bonds. The Balaban J connectivity index is 2.35. The van der Waals surface area contributed by atoms with Crippen molar-refractivity contribution in [1.82, 2.24) is 9.97 Å². The summed E-state index contributed by atoms with van der Waals surface area (Å²) < 4.78 is 11.9. The third kappa shape index (κ3) is 2.09. The van der Waals surface area contributed by atoms with Gasteiger partial charge in [-0.1, -0.05) is 0 Å². The maximum atomic E-state index is 5.96. The largest absolute Gasteiger partial charge is 0.516 e. The minimum absolute atomic E-state index is 0.338. The highest BCUT2D eigenvalue weighted by molar-refractivity contribution is 6.61. The molecule has 0 spiro atoms. The van der Waals surface area contributed by atoms with Crippen LogP contribution in [0.3, 0.4) is 0 Å². The molecule has 0 aromatic carbocycles. The smallest absolute Gasteiger partial charge is 0.398 e. The molecular formula is C12H19BN2O2. The summed E-state index contributed by atoms with van der Waals surface area (Å²) in [6.07, 6.45) is 1.75. The molecule has 5 heteroatoms. The van der Waals surface area contributed by atoms with Crippen molar-refractivity contribution >= 4 is 12.7 Å². The molecule has 0 saturated carbocycles. The number of aromatic nitrogens is 2. The fraction of sp³-hybridized carbons (Fsp3) is 0.667. The first-order valence-corrected chi connectivity index (χ1v) is 5.89. The van der Waals surface area contributed by atoms with Crippen LogP contribution in [0.1, 0.15) is 39.1 Å². The van der Waals surface area contributed by atoms with E-state index < -0.39 is 7.12 Å². The summed E-state index contributed by atoms with van der Waals surface area (Å²) in [5, 5.41) is 0. The van der Waals surface area contributed by atoms with Crippen molar-refractivity contribution in [3.8, 4) is 0 Å². The van der Waals surface area contributed by atoms with E-state index >= 15 is 0 Å². The van der Waals surface area contributed by atoms with Crippen molar-refractivity contribution in [2.24, 2.45) is 0 Å². The highest BCUT2D eigenvalue weighted by atomic mass is 16.7. The van der Waals surface area contributed by atoms with Crippen LogP contribution in [0, 0.1) is 13.8 Å². The van der Waals surface area contributed by atoms with Gasteiger partial charge in [-0.2, -0.15) is 0 Å². The summed E-state index contributed by atoms with van der Waals surface area (Å²) in [4.78, 5) is 8.77. The predicted octanol–water partition coefficient (Wildman–Crippen LogP) is 1.39. The Kier molecular flexibility index (Phi) is 2.79. The average molecular weight is 234 g/mol. The second-order valence-corrected chi connectivity index (χ2v) is 5.57. The molecule has 1 saturated heterocycles. The highest BCUT2D eigenvalue weighted by Gasteiger charge is 2.52. The van der Waals surface area contributed by atoms with Crippen LogP contribution in [0.25, 0.3) is 0 Å². The topological polar surface area (TPSA) is 44.2 Å². The van der Waals surface area contributed by atoms with Crippen LogP contribution in [-0.4, -0.2) is 28.3 Å². The summed E-state index contributed by atoms with van der Waals surface area (Å²) in [7, 11) is -0.424. The Hall–Kier alpha value is -0.935. The fourth-order valence-corrected chi connectivity index (χ4v) is 1.73. The normalized spacial score (nSPS) is 21.9. The molecular weight excluding hydrogens is 215 g/mol. The molecule has 0 bridgehead atoms. The van der Waals surface area contributed by atoms with Crippen LogP contribution in [-0.2, 0) is 9.31 Å². The molecule has 0 atom stereocenters. The molecule has 1 aromatic rings. The van der Waals surface area contributed by atoms with Gasteiger partial charge in [0.2, 0.25) is 0 Å². The summed E-state index contributed by atoms with van der Waals surface area (Å²) in [5.41, 5.74) is 1.84. The standard InChI is InChI=1S/C12H19BN2O2/c1-8-7-14-9(2)10(15-8)13-16-11(3,4)12(5,6)17-13/h7H,1-6H3. The van der Waals surface area contributed by atoms with E-state index in [4.69, 9.17) is 9.31 Å². The van der Waals surface area contributed by atoms with Crippen molar-refractivity contribution in [2.45, 2.75) is 52.7 Å². The van der Waals surface area contributed by atoms with Gasteiger partial charge in [0.1, 0.15) is 0 Å². The maximum Gasteiger partial charge on any atom is 0.516 e. The van der Waals surface area contributed by atoms with Gasteiger partial charge in [0.25, 0.3) is 0 Å². The maximum absolute atomic E-state index is 5.96. The molecule has 0 unspecified atom stereocenters. The summed E-state index contributed by atoms with van der Waals surface area (Å²) >= 11 is 0. The van der Waals surface area contributed by atoms with Crippen molar-refractivity contribution in [2.75, 3.05) is 0 Å². The molecule has 0 radical (unpaired) electrons. The average Bonchev–Trinajstić information content (AvgIpc) is 2.40. The van der Waals surface area contributed by atoms with E-state index in [1.807, 2.05) is 41.5 Å². The second kappa shape index (κ2) is 3.78. The first-order chi connectivity index (χ1) is 7.73. The molecule has 1 aliphatic rings. The van der Waals surface area contributed by atoms with E-state index in [0.29, 0.717) is 0 Å². The highest BCUT2D eigenvalue weighted by Crippen LogP contribution is 2.36. The van der Waals surface area contributed by atoms with Crippen LogP contribution in [0.15, 0.2) is 6.20 Å². The van der Waals surface area contributed by atoms with Crippen LogP contribution in [0.2, 0.25) is 0 Å². The number of rotatable bonds is 1. The number of nitrogens with zero attached hydrogens (tertiary/aromatic N) is 2. The predicted molar refractivity (Wildman–Crippen MR) is 67.2 cm³/mol. The molecule has 1 aliphatic heterocycles. The molecule has 2 rings (SSSR count). The lowest BCUT2D eigenvalue weighted by atomic mass is 9.83. The zero-order valence-electron chi connectivity index (χ0n) is 11.4. The van der Waals surface area contributed by atoms with E-state index in [2.05, 4.69) is 9.97 Å². The third-order valence-electron chi connectivity index (χ3n) is 3.59. The molecule has 0 aliphatic carbocycles. The van der Waals surface area contributed by atoms with Gasteiger partial charge in [0.05, 0.1) is 28.2 Å². The number of hydrogen-bond donors (Lipinski definition) is 0. The van der Waals surface area contributed by atoms with Gasteiger partial charge in [-0.3, -0.25) is 9.97 Å². The lowest BCUT2D eigenvalue weighted by Crippen LogP contribution is -2.41. The van der Waals surface area contributed by atoms with Gasteiger partial charge in [0, 0.05) is 6.20 Å². The molecule has 0 N–H and O–H groups in total. The summed E-state index contributed by atoms with van der Waals surface area (Å²) in [6, 6.07) is 0. The van der Waals surface area contributed by atoms with E-state index in [9.17, 15) is 0 Å². The Morgan fingerprint density at radius 3 is 2.12 bits per heavy atom. The zero-order chi connectivity index (χ0) is 12.8. The number of hydrogen-bond acceptors (Lipinski definition) is 4. The quantitative estimate of drug-likeness (QED) is 0.689. The van der Waals surface area contributed by atoms with Crippen LogP contribution in [0.4, 0.5) is 0 Å². The second-order valence-electron chi connectivity index (χ2n) is 5.57. The SMILES string of the molecule is Cc1cnc(C)c(B2OC(C)(C)C(C)(C)O2)n1. The summed E-state index contributed by atoms with van der Waals surface area (Å²) in [5.74, 6) is 0. The molecule has 4 nitrogen and oxygen atoms in total. The van der Waals surface area contributed by atoms with Crippen LogP contribution < -0.4 is 5.59 Å². The Labute approximate surface area is 103 Å². The van der Waals surface area contributed by atoms with Gasteiger partial charge in [-0.05, 0) is 41.5 Å². The lowest BCUT2D eigenvalue weighted by molar-refractivity contribution is 0.00578. The van der Waals surface area contributed by atoms with E-state index in [-0.39, 0.29) is 11.2 Å². The zero-order valence-corrected chi connectivity index (χ0v) is 11.4. The Bertz CT molecular complexity index is 430. The summed E-state index contributed by atoms with van der Waals surface area (Å²) in [6.45, 7) is 12.0. The molecule has 17 heavy (non-hydrogen) atoms. The molecule has 1 aromatic heterocycles. The van der Waals surface area contributed by atoms with E-state index in [0.717, 1.165) is 17.0 Å². The van der Waals surface area contributed by atoms with Gasteiger partial charge >= 0.3 is 7.12 Å². The van der Waals surface area contributed by atoms with Crippen molar-refractivity contribution < 1.29 is 9.31 Å². The van der Waals surface area contributed by atoms with Crippen LogP contribution in [0.5, 0.6) is 0 Å². The van der Waals surface area contributed by atoms with Crippen molar-refractivity contribution in [1.29, 1.82) is 0 Å². The van der Waals surface area contributed by atoms with Gasteiger partial charge in [0.15, 0.2) is 0 Å². The van der Waals surface area contributed by atoms with Gasteiger partial charge in [-0.15, -0.1) is 0 Å². The Morgan fingerprint density at radius 2 is 1.59 bits per heavy atom.